The Morgan fingerprint density at radius 2 is 2.25 bits per heavy atom. The maximum atomic E-state index is 12.1. The van der Waals surface area contributed by atoms with Gasteiger partial charge in [0, 0.05) is 19.6 Å². The molecule has 7 nitrogen and oxygen atoms in total. The summed E-state index contributed by atoms with van der Waals surface area (Å²) in [6, 6.07) is 8.27. The van der Waals surface area contributed by atoms with Crippen LogP contribution in [0.3, 0.4) is 0 Å². The molecule has 24 heavy (non-hydrogen) atoms. The Hall–Kier alpha value is -2.03. The van der Waals surface area contributed by atoms with Crippen LogP contribution < -0.4 is 10.6 Å². The van der Waals surface area contributed by atoms with Gasteiger partial charge in [-0.1, -0.05) is 41.2 Å². The second kappa shape index (κ2) is 8.18. The van der Waals surface area contributed by atoms with Crippen molar-refractivity contribution in [2.75, 3.05) is 38.2 Å². The lowest BCUT2D eigenvalue weighted by molar-refractivity contribution is 0.0168. The van der Waals surface area contributed by atoms with Gasteiger partial charge in [-0.05, 0) is 12.5 Å². The third kappa shape index (κ3) is 4.50. The van der Waals surface area contributed by atoms with E-state index < -0.39 is 0 Å². The summed E-state index contributed by atoms with van der Waals surface area (Å²) < 4.78 is 5.45. The fourth-order valence-electron chi connectivity index (χ4n) is 2.78. The van der Waals surface area contributed by atoms with Crippen LogP contribution in [-0.4, -0.2) is 54.0 Å². The monoisotopic (exact) mass is 347 g/mol. The van der Waals surface area contributed by atoms with Crippen LogP contribution in [0, 0.1) is 6.92 Å². The number of nitrogens with zero attached hydrogens (tertiary/aromatic N) is 3. The molecule has 2 aromatic rings. The smallest absolute Gasteiger partial charge is 0.321 e. The summed E-state index contributed by atoms with van der Waals surface area (Å²) in [4.78, 5) is 14.4. The minimum absolute atomic E-state index is 0.119. The van der Waals surface area contributed by atoms with E-state index in [-0.39, 0.29) is 12.1 Å². The predicted molar refractivity (Wildman–Crippen MR) is 93.2 cm³/mol. The first-order chi connectivity index (χ1) is 11.7. The molecule has 2 amide bonds. The lowest BCUT2D eigenvalue weighted by atomic mass is 10.0. The molecule has 2 heterocycles. The number of rotatable bonds is 5. The molecule has 1 aromatic heterocycles. The van der Waals surface area contributed by atoms with E-state index >= 15 is 0 Å². The van der Waals surface area contributed by atoms with Crippen LogP contribution in [0.15, 0.2) is 29.8 Å². The molecule has 3 rings (SSSR count). The van der Waals surface area contributed by atoms with E-state index in [1.165, 1.54) is 22.5 Å². The van der Waals surface area contributed by atoms with Crippen LogP contribution >= 0.6 is 11.3 Å². The van der Waals surface area contributed by atoms with Crippen molar-refractivity contribution < 1.29 is 9.53 Å². The van der Waals surface area contributed by atoms with Gasteiger partial charge in [0.05, 0.1) is 19.3 Å². The number of carbonyl (C=O) groups excluding carboxylic acids is 1. The summed E-state index contributed by atoms with van der Waals surface area (Å²) >= 11 is 1.29. The molecule has 0 aliphatic carbocycles. The number of benzene rings is 1. The molecule has 128 valence electrons. The molecule has 2 N–H and O–H groups in total. The zero-order chi connectivity index (χ0) is 16.8. The van der Waals surface area contributed by atoms with Crippen molar-refractivity contribution in [2.45, 2.75) is 13.0 Å². The second-order valence-electron chi connectivity index (χ2n) is 5.66. The van der Waals surface area contributed by atoms with Gasteiger partial charge in [0.15, 0.2) is 0 Å². The molecule has 1 fully saturated rings. The number of hydrogen-bond acceptors (Lipinski definition) is 6. The van der Waals surface area contributed by atoms with Gasteiger partial charge in [-0.2, -0.15) is 0 Å². The van der Waals surface area contributed by atoms with Gasteiger partial charge in [0.25, 0.3) is 0 Å². The Kier molecular flexibility index (Phi) is 5.73. The molecule has 0 radical (unpaired) electrons. The van der Waals surface area contributed by atoms with Crippen molar-refractivity contribution in [3.8, 4) is 0 Å². The van der Waals surface area contributed by atoms with Crippen molar-refractivity contribution >= 4 is 22.5 Å². The minimum Gasteiger partial charge on any atom is -0.379 e. The molecule has 0 saturated carbocycles. The van der Waals surface area contributed by atoms with Crippen molar-refractivity contribution in [3.63, 3.8) is 0 Å². The minimum atomic E-state index is -0.266. The average Bonchev–Trinajstić information content (AvgIpc) is 3.09. The van der Waals surface area contributed by atoms with Gasteiger partial charge in [0.2, 0.25) is 5.13 Å². The number of amides is 2. The first-order valence-corrected chi connectivity index (χ1v) is 8.80. The highest BCUT2D eigenvalue weighted by Gasteiger charge is 2.23. The van der Waals surface area contributed by atoms with Gasteiger partial charge in [-0.25, -0.2) is 4.79 Å². The summed E-state index contributed by atoms with van der Waals surface area (Å²) in [7, 11) is 0. The zero-order valence-corrected chi connectivity index (χ0v) is 14.4. The van der Waals surface area contributed by atoms with Crippen LogP contribution in [0.2, 0.25) is 0 Å². The normalized spacial score (nSPS) is 16.5. The summed E-state index contributed by atoms with van der Waals surface area (Å²) in [5.74, 6) is 0. The number of aryl methyl sites for hydroxylation is 1. The predicted octanol–water partition coefficient (Wildman–Crippen LogP) is 2.04. The average molecular weight is 347 g/mol. The third-order valence-corrected chi connectivity index (χ3v) is 4.56. The summed E-state index contributed by atoms with van der Waals surface area (Å²) in [5.41, 5.74) is 4.00. The van der Waals surface area contributed by atoms with Crippen molar-refractivity contribution in [1.29, 1.82) is 0 Å². The number of nitrogens with one attached hydrogen (secondary N) is 2. The van der Waals surface area contributed by atoms with Crippen LogP contribution in [0.25, 0.3) is 0 Å². The molecule has 0 spiro atoms. The molecule has 1 aliphatic rings. The standard InChI is InChI=1S/C16H21N5O2S/c1-12-3-2-4-13(9-12)14(21-5-7-23-8-6-21)10-17-15(22)19-16-20-18-11-24-16/h2-4,9,11,14H,5-8,10H2,1H3,(H2,17,19,20,22). The van der Waals surface area contributed by atoms with Crippen LogP contribution in [-0.2, 0) is 4.74 Å². The fourth-order valence-corrected chi connectivity index (χ4v) is 3.22. The Labute approximate surface area is 145 Å². The molecular weight excluding hydrogens is 326 g/mol. The maximum absolute atomic E-state index is 12.1. The Morgan fingerprint density at radius 3 is 2.96 bits per heavy atom. The van der Waals surface area contributed by atoms with Gasteiger partial charge < -0.3 is 10.1 Å². The van der Waals surface area contributed by atoms with E-state index in [2.05, 4.69) is 56.9 Å². The molecule has 1 atom stereocenters. The molecule has 1 aliphatic heterocycles. The second-order valence-corrected chi connectivity index (χ2v) is 6.49. The van der Waals surface area contributed by atoms with Crippen LogP contribution in [0.4, 0.5) is 9.93 Å². The Morgan fingerprint density at radius 1 is 1.42 bits per heavy atom. The summed E-state index contributed by atoms with van der Waals surface area (Å²) in [6.45, 7) is 5.76. The topological polar surface area (TPSA) is 79.4 Å². The Balaban J connectivity index is 1.66. The first-order valence-electron chi connectivity index (χ1n) is 7.92. The van der Waals surface area contributed by atoms with E-state index in [4.69, 9.17) is 4.74 Å². The molecule has 1 unspecified atom stereocenters. The maximum Gasteiger partial charge on any atom is 0.321 e. The Bertz CT molecular complexity index is 658. The molecule has 1 aromatic carbocycles. The lowest BCUT2D eigenvalue weighted by Gasteiger charge is -2.35. The largest absolute Gasteiger partial charge is 0.379 e. The number of aromatic nitrogens is 2. The van der Waals surface area contributed by atoms with Gasteiger partial charge in [0.1, 0.15) is 5.51 Å². The van der Waals surface area contributed by atoms with Gasteiger partial charge in [-0.15, -0.1) is 10.2 Å². The van der Waals surface area contributed by atoms with Crippen LogP contribution in [0.1, 0.15) is 17.2 Å². The summed E-state index contributed by atoms with van der Waals surface area (Å²) in [6.07, 6.45) is 0. The van der Waals surface area contributed by atoms with Gasteiger partial charge >= 0.3 is 6.03 Å². The van der Waals surface area contributed by atoms with Crippen LogP contribution in [0.5, 0.6) is 0 Å². The highest BCUT2D eigenvalue weighted by molar-refractivity contribution is 7.13. The van der Waals surface area contributed by atoms with Gasteiger partial charge in [-0.3, -0.25) is 10.2 Å². The zero-order valence-electron chi connectivity index (χ0n) is 13.6. The molecule has 1 saturated heterocycles. The SMILES string of the molecule is Cc1cccc(C(CNC(=O)Nc2nncs2)N2CCOCC2)c1. The molecular formula is C16H21N5O2S. The number of anilines is 1. The number of morpholine rings is 1. The van der Waals surface area contributed by atoms with E-state index in [0.29, 0.717) is 11.7 Å². The van der Waals surface area contributed by atoms with E-state index in [1.807, 2.05) is 0 Å². The lowest BCUT2D eigenvalue weighted by Crippen LogP contribution is -2.44. The van der Waals surface area contributed by atoms with Crippen molar-refractivity contribution in [2.24, 2.45) is 0 Å². The molecule has 0 bridgehead atoms. The fraction of sp³-hybridized carbons (Fsp3) is 0.438. The van der Waals surface area contributed by atoms with E-state index in [0.717, 1.165) is 26.3 Å². The number of carbonyl (C=O) groups is 1. The quantitative estimate of drug-likeness (QED) is 0.865. The highest BCUT2D eigenvalue weighted by atomic mass is 32.1. The first kappa shape index (κ1) is 16.8. The number of ether oxygens (including phenoxy) is 1. The van der Waals surface area contributed by atoms with E-state index in [1.54, 1.807) is 5.51 Å². The number of hydrogen-bond donors (Lipinski definition) is 2. The third-order valence-electron chi connectivity index (χ3n) is 3.95. The van der Waals surface area contributed by atoms with Crippen molar-refractivity contribution in [1.82, 2.24) is 20.4 Å². The van der Waals surface area contributed by atoms with E-state index in [9.17, 15) is 4.79 Å². The molecule has 8 heteroatoms. The van der Waals surface area contributed by atoms with Crippen molar-refractivity contribution in [3.05, 3.63) is 40.9 Å². The number of urea groups is 1. The highest BCUT2D eigenvalue weighted by Crippen LogP contribution is 2.22. The summed E-state index contributed by atoms with van der Waals surface area (Å²) in [5, 5.41) is 13.6.